The summed E-state index contributed by atoms with van der Waals surface area (Å²) >= 11 is 0. The molecule has 0 aliphatic carbocycles. The molecule has 0 saturated heterocycles. The molecule has 0 radical (unpaired) electrons. The molecule has 0 saturated carbocycles. The average molecular weight is 337 g/mol. The summed E-state index contributed by atoms with van der Waals surface area (Å²) in [4.78, 5) is 22.9. The van der Waals surface area contributed by atoms with Crippen molar-refractivity contribution in [1.29, 1.82) is 0 Å². The molecular weight excluding hydrogens is 318 g/mol. The van der Waals surface area contributed by atoms with Crippen molar-refractivity contribution in [3.05, 3.63) is 93.1 Å². The van der Waals surface area contributed by atoms with E-state index in [1.165, 1.54) is 6.08 Å². The van der Waals surface area contributed by atoms with E-state index >= 15 is 0 Å². The van der Waals surface area contributed by atoms with Gasteiger partial charge in [0, 0.05) is 16.6 Å². The number of hydrogen-bond donors (Lipinski definition) is 0. The molecule has 0 bridgehead atoms. The predicted octanol–water partition coefficient (Wildman–Crippen LogP) is 3.67. The van der Waals surface area contributed by atoms with Crippen molar-refractivity contribution in [3.63, 3.8) is 0 Å². The Morgan fingerprint density at radius 3 is 2.40 bits per heavy atom. The first kappa shape index (κ1) is 16.9. The number of hydrogen-bond acceptors (Lipinski definition) is 4. The Hall–Kier alpha value is -2.95. The molecule has 1 aliphatic heterocycles. The molecule has 0 spiro atoms. The summed E-state index contributed by atoms with van der Waals surface area (Å²) < 4.78 is 5.69. The lowest BCUT2D eigenvalue weighted by Gasteiger charge is -2.34. The van der Waals surface area contributed by atoms with Crippen molar-refractivity contribution in [2.24, 2.45) is 0 Å². The van der Waals surface area contributed by atoms with Crippen LogP contribution in [0.1, 0.15) is 28.2 Å². The first-order valence-electron chi connectivity index (χ1n) is 8.09. The Morgan fingerprint density at radius 2 is 1.84 bits per heavy atom. The molecule has 0 amide bonds. The topological polar surface area (TPSA) is 69.4 Å². The third-order valence-electron chi connectivity index (χ3n) is 4.75. The highest BCUT2D eigenvalue weighted by Gasteiger charge is 2.48. The van der Waals surface area contributed by atoms with Gasteiger partial charge in [0.25, 0.3) is 0 Å². The molecule has 128 valence electrons. The van der Waals surface area contributed by atoms with E-state index < -0.39 is 17.5 Å². The first-order chi connectivity index (χ1) is 11.9. The van der Waals surface area contributed by atoms with Crippen molar-refractivity contribution >= 4 is 5.97 Å². The average Bonchev–Trinajstić information content (AvgIpc) is 2.98. The van der Waals surface area contributed by atoms with Crippen LogP contribution in [0.2, 0.25) is 0 Å². The van der Waals surface area contributed by atoms with E-state index in [0.29, 0.717) is 0 Å². The Bertz CT molecular complexity index is 844. The minimum Gasteiger partial charge on any atom is -0.446 e. The van der Waals surface area contributed by atoms with Gasteiger partial charge in [0.2, 0.25) is 6.54 Å². The van der Waals surface area contributed by atoms with Gasteiger partial charge in [-0.15, -0.1) is 0 Å². The van der Waals surface area contributed by atoms with E-state index in [9.17, 15) is 14.9 Å². The summed E-state index contributed by atoms with van der Waals surface area (Å²) in [7, 11) is 0. The predicted molar refractivity (Wildman–Crippen MR) is 93.9 cm³/mol. The maximum atomic E-state index is 11.9. The van der Waals surface area contributed by atoms with Crippen LogP contribution in [0.3, 0.4) is 0 Å². The van der Waals surface area contributed by atoms with Gasteiger partial charge >= 0.3 is 5.97 Å². The van der Waals surface area contributed by atoms with Crippen LogP contribution < -0.4 is 0 Å². The largest absolute Gasteiger partial charge is 0.446 e. The molecule has 0 unspecified atom stereocenters. The fourth-order valence-electron chi connectivity index (χ4n) is 3.28. The Morgan fingerprint density at radius 1 is 1.12 bits per heavy atom. The van der Waals surface area contributed by atoms with Gasteiger partial charge in [-0.05, 0) is 36.6 Å². The fraction of sp³-hybridized carbons (Fsp3) is 0.250. The molecule has 5 nitrogen and oxygen atoms in total. The Kier molecular flexibility index (Phi) is 4.40. The highest BCUT2D eigenvalue weighted by molar-refractivity contribution is 5.85. The van der Waals surface area contributed by atoms with E-state index in [1.807, 2.05) is 62.4 Å². The number of benzene rings is 2. The summed E-state index contributed by atoms with van der Waals surface area (Å²) in [5.74, 6) is -1.10. The van der Waals surface area contributed by atoms with Gasteiger partial charge in [-0.2, -0.15) is 0 Å². The van der Waals surface area contributed by atoms with Gasteiger partial charge in [0.1, 0.15) is 0 Å². The maximum absolute atomic E-state index is 11.9. The number of carbonyl (C=O) groups is 1. The second-order valence-corrected chi connectivity index (χ2v) is 6.33. The van der Waals surface area contributed by atoms with Gasteiger partial charge in [-0.3, -0.25) is 10.1 Å². The number of ether oxygens (including phenoxy) is 1. The molecule has 2 atom stereocenters. The standard InChI is InChI=1S/C20H19NO4/c1-14-8-9-17(12-15(14)2)20(11-10-19(22)25-20)18(13-21(23)24)16-6-4-3-5-7-16/h3-12,18H,13H2,1-2H3/t18-,20-/m1/s1. The van der Waals surface area contributed by atoms with Crippen LogP contribution in [-0.4, -0.2) is 17.4 Å². The molecule has 0 N–H and O–H groups in total. The molecule has 5 heteroatoms. The van der Waals surface area contributed by atoms with E-state index in [4.69, 9.17) is 4.74 Å². The number of aryl methyl sites for hydroxylation is 2. The van der Waals surface area contributed by atoms with Crippen molar-refractivity contribution in [2.45, 2.75) is 25.4 Å². The van der Waals surface area contributed by atoms with Crippen molar-refractivity contribution in [2.75, 3.05) is 6.54 Å². The molecule has 0 aromatic heterocycles. The summed E-state index contributed by atoms with van der Waals surface area (Å²) in [6, 6.07) is 14.9. The number of carbonyl (C=O) groups excluding carboxylic acids is 1. The molecule has 3 rings (SSSR count). The van der Waals surface area contributed by atoms with Gasteiger partial charge in [-0.25, -0.2) is 4.79 Å². The van der Waals surface area contributed by atoms with Gasteiger partial charge in [0.05, 0.1) is 5.92 Å². The molecular formula is C20H19NO4. The highest BCUT2D eigenvalue weighted by atomic mass is 16.6. The lowest BCUT2D eigenvalue weighted by molar-refractivity contribution is -0.486. The molecule has 1 aliphatic rings. The molecule has 2 aromatic carbocycles. The number of rotatable bonds is 5. The molecule has 2 aromatic rings. The monoisotopic (exact) mass is 337 g/mol. The van der Waals surface area contributed by atoms with Crippen LogP contribution >= 0.6 is 0 Å². The van der Waals surface area contributed by atoms with Crippen molar-refractivity contribution in [3.8, 4) is 0 Å². The lowest BCUT2D eigenvalue weighted by atomic mass is 9.76. The fourth-order valence-corrected chi connectivity index (χ4v) is 3.28. The van der Waals surface area contributed by atoms with E-state index in [0.717, 1.165) is 22.3 Å². The van der Waals surface area contributed by atoms with Gasteiger partial charge in [0.15, 0.2) is 5.60 Å². The van der Waals surface area contributed by atoms with Crippen LogP contribution in [0.25, 0.3) is 0 Å². The van der Waals surface area contributed by atoms with Crippen LogP contribution in [0.5, 0.6) is 0 Å². The van der Waals surface area contributed by atoms with Crippen LogP contribution in [0.15, 0.2) is 60.7 Å². The van der Waals surface area contributed by atoms with Crippen molar-refractivity contribution < 1.29 is 14.5 Å². The Labute approximate surface area is 146 Å². The van der Waals surface area contributed by atoms with Crippen LogP contribution in [-0.2, 0) is 15.1 Å². The SMILES string of the molecule is Cc1ccc([C@@]2([C@H](C[N+](=O)[O-])c3ccccc3)C=CC(=O)O2)cc1C. The summed E-state index contributed by atoms with van der Waals surface area (Å²) in [5, 5.41) is 11.4. The second-order valence-electron chi connectivity index (χ2n) is 6.33. The summed E-state index contributed by atoms with van der Waals surface area (Å²) in [5.41, 5.74) is 2.48. The van der Waals surface area contributed by atoms with Gasteiger partial charge < -0.3 is 4.74 Å². The highest BCUT2D eigenvalue weighted by Crippen LogP contribution is 2.45. The summed E-state index contributed by atoms with van der Waals surface area (Å²) in [6.45, 7) is 3.63. The Balaban J connectivity index is 2.18. The summed E-state index contributed by atoms with van der Waals surface area (Å²) in [6.07, 6.45) is 3.01. The van der Waals surface area contributed by atoms with E-state index in [2.05, 4.69) is 0 Å². The zero-order valence-corrected chi connectivity index (χ0v) is 14.1. The minimum absolute atomic E-state index is 0.339. The zero-order valence-electron chi connectivity index (χ0n) is 14.1. The van der Waals surface area contributed by atoms with Gasteiger partial charge in [-0.1, -0.05) is 48.5 Å². The zero-order chi connectivity index (χ0) is 18.0. The van der Waals surface area contributed by atoms with E-state index in [-0.39, 0.29) is 11.5 Å². The number of nitro groups is 1. The molecule has 25 heavy (non-hydrogen) atoms. The molecule has 0 fully saturated rings. The number of esters is 1. The smallest absolute Gasteiger partial charge is 0.331 e. The third kappa shape index (κ3) is 3.18. The number of cyclic esters (lactones) is 1. The number of nitrogens with zero attached hydrogens (tertiary/aromatic N) is 1. The first-order valence-corrected chi connectivity index (χ1v) is 8.09. The lowest BCUT2D eigenvalue weighted by Crippen LogP contribution is -2.37. The molecule has 1 heterocycles. The quantitative estimate of drug-likeness (QED) is 0.474. The van der Waals surface area contributed by atoms with Crippen LogP contribution in [0, 0.1) is 24.0 Å². The van der Waals surface area contributed by atoms with Crippen LogP contribution in [0.4, 0.5) is 0 Å². The third-order valence-corrected chi connectivity index (χ3v) is 4.75. The second kappa shape index (κ2) is 6.51. The normalized spacial score (nSPS) is 20.3. The van der Waals surface area contributed by atoms with E-state index in [1.54, 1.807) is 6.08 Å². The maximum Gasteiger partial charge on any atom is 0.331 e. The minimum atomic E-state index is -1.18. The van der Waals surface area contributed by atoms with Crippen molar-refractivity contribution in [1.82, 2.24) is 0 Å².